The SMILES string of the molecule is Cc1ccc(-c2cccc3c2-c2ccccc2C3(C)C)cc1.Cc1ccc2c(c1)-c1ccc(-c3ccccc3)cc1C2(C)C.Cc1cccc(-c2ccc3c(c2)C(C)(C)c2ccccc2-3)c1.Cc1cccc2c1-c1ccc(-c3ccccc3)cc1C2(C)C.Cc1cccc2c1C(C)(C)c1cc(-c3ccccc3)ccc1-2.Cc1ccccc1-c1ccc2c(c1)C(C)(C)c1ccccc1-2. The van der Waals surface area contributed by atoms with Crippen molar-refractivity contribution in [1.29, 1.82) is 0 Å². The standard InChI is InChI=1S/6C22H20/c1-15-7-6-8-16(13-15)17-11-12-19-18-9-4-5-10-20(18)22(2,3)21(19)14-17;1-15-8-4-5-9-17(15)16-12-13-19-18-10-6-7-11-20(18)22(2,3)21(19)14-16;1-15-11-13-16(14-12-15)17-8-6-10-20-21(17)18-7-4-5-9-19(18)22(20,2)3;1-15-8-7-11-19-21(15)18-13-12-17(14-20(18)22(19,2)3)16-9-5-4-6-10-16;1-15-8-7-11-19-18-13-12-17(16-9-5-4-6-10-16)14-20(18)22(2,3)21(15)19;1-15-9-12-20-19(13-15)18-11-10-17(14-21(18)22(20,2)3)16-7-5-4-6-8-16/h6*4-14H,1-3H3. The molecular formula is C132H120. The third-order valence-electron chi connectivity index (χ3n) is 29.9. The van der Waals surface area contributed by atoms with Crippen molar-refractivity contribution < 1.29 is 0 Å². The Morgan fingerprint density at radius 2 is 0.417 bits per heavy atom. The van der Waals surface area contributed by atoms with E-state index in [1.807, 2.05) is 0 Å². The van der Waals surface area contributed by atoms with Crippen molar-refractivity contribution in [2.45, 2.75) is 157 Å². The molecule has 0 unspecified atom stereocenters. The molecule has 6 aliphatic carbocycles. The van der Waals surface area contributed by atoms with Gasteiger partial charge < -0.3 is 0 Å². The van der Waals surface area contributed by atoms with Crippen LogP contribution in [-0.2, 0) is 32.5 Å². The van der Waals surface area contributed by atoms with E-state index in [0.717, 1.165) is 0 Å². The van der Waals surface area contributed by atoms with Crippen LogP contribution in [0.3, 0.4) is 0 Å². The number of hydrogen-bond donors (Lipinski definition) is 0. The second-order valence-corrected chi connectivity index (χ2v) is 40.6. The molecule has 0 radical (unpaired) electrons. The van der Waals surface area contributed by atoms with Gasteiger partial charge in [0.25, 0.3) is 0 Å². The first-order valence-corrected chi connectivity index (χ1v) is 47.3. The van der Waals surface area contributed by atoms with E-state index >= 15 is 0 Å². The van der Waals surface area contributed by atoms with Gasteiger partial charge in [-0.25, -0.2) is 0 Å². The maximum atomic E-state index is 2.39. The number of rotatable bonds is 6. The maximum absolute atomic E-state index is 2.39. The molecule has 6 aliphatic rings. The summed E-state index contributed by atoms with van der Waals surface area (Å²) in [6, 6.07) is 146. The molecule has 24 rings (SSSR count). The zero-order chi connectivity index (χ0) is 91.9. The highest BCUT2D eigenvalue weighted by Crippen LogP contribution is 2.57. The summed E-state index contributed by atoms with van der Waals surface area (Å²) in [4.78, 5) is 0. The highest BCUT2D eigenvalue weighted by Gasteiger charge is 2.42. The van der Waals surface area contributed by atoms with Crippen LogP contribution < -0.4 is 0 Å². The Bertz CT molecular complexity index is 7450. The predicted octanol–water partition coefficient (Wildman–Crippen LogP) is 35.8. The average Bonchev–Trinajstić information content (AvgIpc) is 1.57. The largest absolute Gasteiger partial charge is 0.0622 e. The summed E-state index contributed by atoms with van der Waals surface area (Å²) in [5, 5.41) is 0. The van der Waals surface area contributed by atoms with Gasteiger partial charge in [-0.3, -0.25) is 0 Å². The molecule has 0 nitrogen and oxygen atoms in total. The van der Waals surface area contributed by atoms with Crippen LogP contribution in [0, 0.1) is 41.5 Å². The van der Waals surface area contributed by atoms with E-state index in [1.54, 1.807) is 0 Å². The Morgan fingerprint density at radius 3 is 0.939 bits per heavy atom. The van der Waals surface area contributed by atoms with Crippen LogP contribution in [0.25, 0.3) is 134 Å². The number of fused-ring (bicyclic) bond motifs is 18. The first kappa shape index (κ1) is 87.3. The molecule has 648 valence electrons. The lowest BCUT2D eigenvalue weighted by molar-refractivity contribution is 0.656. The third-order valence-corrected chi connectivity index (χ3v) is 29.9. The minimum absolute atomic E-state index is 0.0702. The summed E-state index contributed by atoms with van der Waals surface area (Å²) in [6.45, 7) is 41.1. The molecule has 0 amide bonds. The van der Waals surface area contributed by atoms with Crippen LogP contribution in [0.15, 0.2) is 400 Å². The van der Waals surface area contributed by atoms with Crippen molar-refractivity contribution in [2.75, 3.05) is 0 Å². The Labute approximate surface area is 785 Å². The van der Waals surface area contributed by atoms with E-state index in [0.29, 0.717) is 0 Å². The molecule has 0 saturated carbocycles. The predicted molar refractivity (Wildman–Crippen MR) is 565 cm³/mol. The second kappa shape index (κ2) is 34.4. The normalized spacial score (nSPS) is 14.5. The van der Waals surface area contributed by atoms with Crippen LogP contribution in [0.1, 0.15) is 183 Å². The van der Waals surface area contributed by atoms with E-state index in [2.05, 4.69) is 525 Å². The minimum atomic E-state index is 0.0702. The van der Waals surface area contributed by atoms with E-state index in [4.69, 9.17) is 0 Å². The van der Waals surface area contributed by atoms with Crippen molar-refractivity contribution in [3.8, 4) is 134 Å². The molecule has 18 aromatic carbocycles. The van der Waals surface area contributed by atoms with E-state index in [1.165, 1.54) is 234 Å². The Hall–Kier alpha value is -14.0. The van der Waals surface area contributed by atoms with E-state index in [-0.39, 0.29) is 32.5 Å². The Balaban J connectivity index is 0.000000102. The molecule has 0 spiro atoms. The van der Waals surface area contributed by atoms with Gasteiger partial charge in [-0.1, -0.05) is 470 Å². The van der Waals surface area contributed by atoms with Gasteiger partial charge in [-0.15, -0.1) is 0 Å². The Morgan fingerprint density at radius 1 is 0.129 bits per heavy atom. The van der Waals surface area contributed by atoms with Gasteiger partial charge in [0.2, 0.25) is 0 Å². The van der Waals surface area contributed by atoms with Gasteiger partial charge >= 0.3 is 0 Å². The second-order valence-electron chi connectivity index (χ2n) is 40.6. The lowest BCUT2D eigenvalue weighted by atomic mass is 9.80. The molecule has 132 heavy (non-hydrogen) atoms. The summed E-state index contributed by atoms with van der Waals surface area (Å²) < 4.78 is 0. The summed E-state index contributed by atoms with van der Waals surface area (Å²) in [6.07, 6.45) is 0. The Kier molecular flexibility index (Phi) is 22.7. The molecule has 0 aliphatic heterocycles. The highest BCUT2D eigenvalue weighted by atomic mass is 14.5. The topological polar surface area (TPSA) is 0 Å². The monoisotopic (exact) mass is 1700 g/mol. The van der Waals surface area contributed by atoms with E-state index < -0.39 is 0 Å². The van der Waals surface area contributed by atoms with Crippen molar-refractivity contribution in [2.24, 2.45) is 0 Å². The first-order chi connectivity index (χ1) is 63.5. The molecule has 18 aromatic rings. The van der Waals surface area contributed by atoms with Gasteiger partial charge in [0.15, 0.2) is 0 Å². The van der Waals surface area contributed by atoms with Crippen molar-refractivity contribution in [1.82, 2.24) is 0 Å². The number of benzene rings is 18. The van der Waals surface area contributed by atoms with Crippen molar-refractivity contribution in [3.63, 3.8) is 0 Å². The van der Waals surface area contributed by atoms with Crippen LogP contribution in [0.2, 0.25) is 0 Å². The molecule has 0 heteroatoms. The zero-order valence-corrected chi connectivity index (χ0v) is 80.1. The van der Waals surface area contributed by atoms with Crippen LogP contribution in [-0.4, -0.2) is 0 Å². The number of hydrogen-bond acceptors (Lipinski definition) is 0. The summed E-state index contributed by atoms with van der Waals surface area (Å²) in [5.41, 5.74) is 58.2. The zero-order valence-electron chi connectivity index (χ0n) is 80.1. The van der Waals surface area contributed by atoms with Crippen LogP contribution >= 0.6 is 0 Å². The smallest absolute Gasteiger partial charge is 0.0161 e. The fraction of sp³-hybridized carbons (Fsp3) is 0.182. The van der Waals surface area contributed by atoms with Gasteiger partial charge in [0, 0.05) is 32.5 Å². The van der Waals surface area contributed by atoms with Crippen molar-refractivity contribution >= 4 is 0 Å². The molecule has 0 bridgehead atoms. The van der Waals surface area contributed by atoms with Crippen LogP contribution in [0.5, 0.6) is 0 Å². The molecule has 0 heterocycles. The van der Waals surface area contributed by atoms with E-state index in [9.17, 15) is 0 Å². The summed E-state index contributed by atoms with van der Waals surface area (Å²) in [7, 11) is 0. The fourth-order valence-electron chi connectivity index (χ4n) is 22.6. The molecule has 0 N–H and O–H groups in total. The lowest BCUT2D eigenvalue weighted by Crippen LogP contribution is -2.16. The van der Waals surface area contributed by atoms with Gasteiger partial charge in [-0.05, 0) is 289 Å². The maximum Gasteiger partial charge on any atom is 0.0161 e. The van der Waals surface area contributed by atoms with Gasteiger partial charge in [0.05, 0.1) is 0 Å². The highest BCUT2D eigenvalue weighted by molar-refractivity contribution is 5.94. The van der Waals surface area contributed by atoms with Gasteiger partial charge in [-0.2, -0.15) is 0 Å². The molecule has 0 saturated heterocycles. The minimum Gasteiger partial charge on any atom is -0.0622 e. The summed E-state index contributed by atoms with van der Waals surface area (Å²) in [5.74, 6) is 0. The molecular weight excluding hydrogens is 1590 g/mol. The first-order valence-electron chi connectivity index (χ1n) is 47.3. The van der Waals surface area contributed by atoms with Crippen LogP contribution in [0.4, 0.5) is 0 Å². The fourth-order valence-corrected chi connectivity index (χ4v) is 22.6. The molecule has 0 atom stereocenters. The molecule has 0 aromatic heterocycles. The quantitative estimate of drug-likeness (QED) is 0.156. The lowest BCUT2D eigenvalue weighted by Gasteiger charge is -2.23. The van der Waals surface area contributed by atoms with Crippen molar-refractivity contribution in [3.05, 3.63) is 501 Å². The third kappa shape index (κ3) is 15.5. The summed E-state index contributed by atoms with van der Waals surface area (Å²) >= 11 is 0. The average molecular weight is 1710 g/mol. The number of aryl methyl sites for hydroxylation is 6. The molecule has 0 fully saturated rings. The van der Waals surface area contributed by atoms with Gasteiger partial charge in [0.1, 0.15) is 0 Å².